The fraction of sp³-hybridized carbons (Fsp3) is 0.889. The molecule has 1 aliphatic heterocycles. The first-order valence-corrected chi connectivity index (χ1v) is 4.89. The van der Waals surface area contributed by atoms with E-state index in [9.17, 15) is 37.0 Å². The Bertz CT molecular complexity index is 414. The molecule has 0 aliphatic carbocycles. The van der Waals surface area contributed by atoms with Gasteiger partial charge < -0.3 is 15.0 Å². The average molecular weight is 332 g/mol. The van der Waals surface area contributed by atoms with Crippen LogP contribution in [-0.4, -0.2) is 40.3 Å². The third-order valence-corrected chi connectivity index (χ3v) is 2.77. The Morgan fingerprint density at radius 2 is 1.50 bits per heavy atom. The van der Waals surface area contributed by atoms with Crippen LogP contribution in [0.15, 0.2) is 0 Å². The summed E-state index contributed by atoms with van der Waals surface area (Å²) >= 11 is 0. The normalized spacial score (nSPS) is 43.2. The minimum absolute atomic E-state index is 0. The van der Waals surface area contributed by atoms with Crippen LogP contribution in [0.4, 0.5) is 22.0 Å². The monoisotopic (exact) mass is 332 g/mol. The number of alkyl halides is 5. The van der Waals surface area contributed by atoms with Gasteiger partial charge in [0, 0.05) is 13.8 Å². The average Bonchev–Trinajstić information content (AvgIpc) is 2.12. The van der Waals surface area contributed by atoms with Crippen LogP contribution in [0, 0.1) is 0 Å². The molecule has 1 aliphatic rings. The van der Waals surface area contributed by atoms with Crippen molar-refractivity contribution in [2.24, 2.45) is 0 Å². The Morgan fingerprint density at radius 1 is 1.10 bits per heavy atom. The maximum absolute atomic E-state index is 14.3. The summed E-state index contributed by atoms with van der Waals surface area (Å²) in [5, 5.41) is 19.9. The van der Waals surface area contributed by atoms with E-state index in [1.807, 2.05) is 0 Å². The zero-order valence-electron chi connectivity index (χ0n) is 11.0. The van der Waals surface area contributed by atoms with E-state index in [0.717, 1.165) is 0 Å². The fourth-order valence-corrected chi connectivity index (χ4v) is 1.48. The maximum Gasteiger partial charge on any atom is 1.00 e. The van der Waals surface area contributed by atoms with Crippen LogP contribution in [-0.2, 0) is 14.3 Å². The maximum atomic E-state index is 14.3. The molecule has 112 valence electrons. The van der Waals surface area contributed by atoms with Crippen LogP contribution < -0.4 is 56.5 Å². The van der Waals surface area contributed by atoms with Crippen molar-refractivity contribution in [3.8, 4) is 0 Å². The first-order chi connectivity index (χ1) is 8.11. The quantitative estimate of drug-likeness (QED) is 0.436. The van der Waals surface area contributed by atoms with Crippen molar-refractivity contribution >= 4 is 5.97 Å². The van der Waals surface area contributed by atoms with Crippen LogP contribution in [0.3, 0.4) is 0 Å². The van der Waals surface area contributed by atoms with Crippen LogP contribution in [0.2, 0.25) is 0 Å². The largest absolute Gasteiger partial charge is 1.00 e. The van der Waals surface area contributed by atoms with Gasteiger partial charge in [-0.2, -0.15) is 8.78 Å². The summed E-state index contributed by atoms with van der Waals surface area (Å²) in [5.74, 6) is -15.5. The molecule has 1 fully saturated rings. The molecule has 0 aromatic carbocycles. The number of carboxylic acid groups (broad SMARTS) is 1. The van der Waals surface area contributed by atoms with Crippen molar-refractivity contribution < 1.29 is 97.8 Å². The molecular formula is C9H10F5KO5. The molecule has 0 saturated carbocycles. The van der Waals surface area contributed by atoms with Crippen molar-refractivity contribution in [3.05, 3.63) is 0 Å². The van der Waals surface area contributed by atoms with Gasteiger partial charge in [-0.25, -0.2) is 13.2 Å². The van der Waals surface area contributed by atoms with E-state index < -0.39 is 35.2 Å². The zero-order valence-corrected chi connectivity index (χ0v) is 14.1. The molecular weight excluding hydrogens is 322 g/mol. The van der Waals surface area contributed by atoms with Gasteiger partial charge in [-0.15, -0.1) is 0 Å². The Labute approximate surface area is 152 Å². The number of carboxylic acids is 1. The molecule has 1 saturated heterocycles. The summed E-state index contributed by atoms with van der Waals surface area (Å²) in [5.41, 5.74) is -3.79. The molecule has 11 heteroatoms. The summed E-state index contributed by atoms with van der Waals surface area (Å²) in [4.78, 5) is 10.6. The predicted octanol–water partition coefficient (Wildman–Crippen LogP) is -2.83. The number of halogens is 5. The van der Waals surface area contributed by atoms with E-state index in [4.69, 9.17) is 0 Å². The van der Waals surface area contributed by atoms with E-state index in [1.54, 1.807) is 0 Å². The molecule has 0 amide bonds. The van der Waals surface area contributed by atoms with Crippen LogP contribution in [0.25, 0.3) is 0 Å². The van der Waals surface area contributed by atoms with Gasteiger partial charge in [-0.1, -0.05) is 0 Å². The number of carbonyl (C=O) groups is 1. The Kier molecular flexibility index (Phi) is 5.54. The molecule has 1 heterocycles. The first-order valence-electron chi connectivity index (χ1n) is 4.89. The van der Waals surface area contributed by atoms with Gasteiger partial charge in [-0.05, 0) is 6.92 Å². The van der Waals surface area contributed by atoms with Crippen LogP contribution in [0.1, 0.15) is 20.8 Å². The van der Waals surface area contributed by atoms with Crippen molar-refractivity contribution in [1.82, 2.24) is 0 Å². The number of hydrogen-bond donors (Lipinski definition) is 1. The third kappa shape index (κ3) is 2.78. The summed E-state index contributed by atoms with van der Waals surface area (Å²) in [6.45, 7) is 0.165. The Balaban J connectivity index is 0.00000361. The molecule has 20 heavy (non-hydrogen) atoms. The van der Waals surface area contributed by atoms with E-state index in [-0.39, 0.29) is 72.2 Å². The second-order valence-corrected chi connectivity index (χ2v) is 4.51. The SMILES string of the molecule is CC1(F)OC(F)(C(C)(O)C(=O)[O-])C(C)(F)OC1(F)F.[K+]. The van der Waals surface area contributed by atoms with E-state index in [1.165, 1.54) is 0 Å². The fourth-order valence-electron chi connectivity index (χ4n) is 1.48. The first kappa shape index (κ1) is 20.6. The van der Waals surface area contributed by atoms with Gasteiger partial charge in [0.1, 0.15) is 0 Å². The minimum atomic E-state index is -4.91. The smallest absolute Gasteiger partial charge is 0.547 e. The second kappa shape index (κ2) is 5.37. The van der Waals surface area contributed by atoms with Crippen LogP contribution in [0.5, 0.6) is 0 Å². The van der Waals surface area contributed by atoms with Gasteiger partial charge in [0.2, 0.25) is 0 Å². The van der Waals surface area contributed by atoms with E-state index in [2.05, 4.69) is 9.47 Å². The number of hydrogen-bond acceptors (Lipinski definition) is 5. The Hall–Kier alpha value is 0.636. The molecule has 0 spiro atoms. The Morgan fingerprint density at radius 3 is 1.85 bits per heavy atom. The van der Waals surface area contributed by atoms with E-state index >= 15 is 0 Å². The number of aliphatic hydroxyl groups is 1. The van der Waals surface area contributed by atoms with E-state index in [0.29, 0.717) is 0 Å². The number of carbonyl (C=O) groups excluding carboxylic acids is 1. The van der Waals surface area contributed by atoms with Crippen molar-refractivity contribution in [3.63, 3.8) is 0 Å². The van der Waals surface area contributed by atoms with Gasteiger partial charge in [-0.3, -0.25) is 9.47 Å². The molecule has 1 rings (SSSR count). The molecule has 0 aromatic heterocycles. The second-order valence-electron chi connectivity index (χ2n) is 4.51. The van der Waals surface area contributed by atoms with Crippen molar-refractivity contribution in [2.75, 3.05) is 0 Å². The van der Waals surface area contributed by atoms with Crippen LogP contribution >= 0.6 is 0 Å². The predicted molar refractivity (Wildman–Crippen MR) is 45.6 cm³/mol. The summed E-state index contributed by atoms with van der Waals surface area (Å²) in [7, 11) is 0. The number of aliphatic carboxylic acids is 1. The van der Waals surface area contributed by atoms with Gasteiger partial charge >= 0.3 is 69.2 Å². The topological polar surface area (TPSA) is 78.8 Å². The van der Waals surface area contributed by atoms with Crippen molar-refractivity contribution in [1.29, 1.82) is 0 Å². The number of ether oxygens (including phenoxy) is 2. The standard InChI is InChI=1S/C9H11F5O5.K/c1-5(17,4(15)16)8(12)6(2,10)19-9(13,14)7(3,11)18-8;/h17H,1-3H3,(H,15,16);/q;+1/p-1. The molecule has 0 aromatic rings. The van der Waals surface area contributed by atoms with Crippen molar-refractivity contribution in [2.45, 2.75) is 50.0 Å². The molecule has 4 atom stereocenters. The molecule has 1 N–H and O–H groups in total. The summed E-state index contributed by atoms with van der Waals surface area (Å²) < 4.78 is 74.4. The van der Waals surface area contributed by atoms with Gasteiger partial charge in [0.05, 0.1) is 5.97 Å². The van der Waals surface area contributed by atoms with Gasteiger partial charge in [0.25, 0.3) is 5.85 Å². The zero-order chi connectivity index (χ0) is 15.5. The molecule has 0 radical (unpaired) electrons. The third-order valence-electron chi connectivity index (χ3n) is 2.77. The number of rotatable bonds is 2. The summed E-state index contributed by atoms with van der Waals surface area (Å²) in [6.07, 6.45) is -4.91. The molecule has 5 nitrogen and oxygen atoms in total. The summed E-state index contributed by atoms with van der Waals surface area (Å²) in [6, 6.07) is 0. The molecule has 0 bridgehead atoms. The van der Waals surface area contributed by atoms with Gasteiger partial charge in [0.15, 0.2) is 5.60 Å². The minimum Gasteiger partial charge on any atom is -0.547 e. The molecule has 4 unspecified atom stereocenters.